The van der Waals surface area contributed by atoms with Crippen LogP contribution in [0, 0.1) is 0 Å². The first-order valence-corrected chi connectivity index (χ1v) is 6.71. The lowest BCUT2D eigenvalue weighted by Crippen LogP contribution is -2.14. The number of aromatic nitrogens is 3. The van der Waals surface area contributed by atoms with Crippen molar-refractivity contribution in [3.05, 3.63) is 11.4 Å². The summed E-state index contributed by atoms with van der Waals surface area (Å²) >= 11 is 0. The number of esters is 1. The Morgan fingerprint density at radius 2 is 2.11 bits per heavy atom. The lowest BCUT2D eigenvalue weighted by molar-refractivity contribution is 0.0592. The van der Waals surface area contributed by atoms with Crippen LogP contribution in [0.3, 0.4) is 0 Å². The topological polar surface area (TPSA) is 66.2 Å². The minimum absolute atomic E-state index is 0.153. The van der Waals surface area contributed by atoms with Crippen LogP contribution < -0.4 is 0 Å². The zero-order chi connectivity index (χ0) is 14.3. The molecule has 0 saturated carbocycles. The standard InChI is InChI=1S/C13H23N3O3/c1-5-6-8-19-9-7-16-12(10(2)3)11(14-15-16)13(17)18-4/h10H,5-9H2,1-4H3. The van der Waals surface area contributed by atoms with Gasteiger partial charge in [0.05, 0.1) is 26.0 Å². The molecule has 108 valence electrons. The molecule has 0 aliphatic rings. The molecule has 0 aliphatic heterocycles. The van der Waals surface area contributed by atoms with E-state index in [9.17, 15) is 4.79 Å². The van der Waals surface area contributed by atoms with Crippen molar-refractivity contribution in [2.75, 3.05) is 20.3 Å². The second-order valence-electron chi connectivity index (χ2n) is 4.66. The van der Waals surface area contributed by atoms with E-state index in [0.29, 0.717) is 18.8 Å². The zero-order valence-corrected chi connectivity index (χ0v) is 12.2. The summed E-state index contributed by atoms with van der Waals surface area (Å²) in [6, 6.07) is 0. The van der Waals surface area contributed by atoms with Crippen LogP contribution in [0.4, 0.5) is 0 Å². The van der Waals surface area contributed by atoms with Crippen LogP contribution in [-0.2, 0) is 16.0 Å². The van der Waals surface area contributed by atoms with Crippen LogP contribution in [0.5, 0.6) is 0 Å². The highest BCUT2D eigenvalue weighted by atomic mass is 16.5. The molecule has 0 fully saturated rings. The Labute approximate surface area is 114 Å². The maximum atomic E-state index is 11.6. The van der Waals surface area contributed by atoms with Crippen molar-refractivity contribution < 1.29 is 14.3 Å². The molecule has 19 heavy (non-hydrogen) atoms. The number of hydrogen-bond acceptors (Lipinski definition) is 5. The fraction of sp³-hybridized carbons (Fsp3) is 0.769. The van der Waals surface area contributed by atoms with Crippen molar-refractivity contribution in [2.45, 2.75) is 46.1 Å². The smallest absolute Gasteiger partial charge is 0.360 e. The molecule has 0 unspecified atom stereocenters. The minimum Gasteiger partial charge on any atom is -0.464 e. The van der Waals surface area contributed by atoms with E-state index in [2.05, 4.69) is 17.2 Å². The molecule has 1 aromatic rings. The average Bonchev–Trinajstić information content (AvgIpc) is 2.81. The number of methoxy groups -OCH3 is 1. The van der Waals surface area contributed by atoms with E-state index in [1.54, 1.807) is 4.68 Å². The van der Waals surface area contributed by atoms with Gasteiger partial charge < -0.3 is 9.47 Å². The second kappa shape index (κ2) is 7.89. The van der Waals surface area contributed by atoms with Gasteiger partial charge in [-0.2, -0.15) is 0 Å². The molecule has 6 nitrogen and oxygen atoms in total. The molecule has 6 heteroatoms. The fourth-order valence-corrected chi connectivity index (χ4v) is 1.80. The van der Waals surface area contributed by atoms with Crippen molar-refractivity contribution >= 4 is 5.97 Å². The Morgan fingerprint density at radius 3 is 2.68 bits per heavy atom. The number of carbonyl (C=O) groups is 1. The van der Waals surface area contributed by atoms with Gasteiger partial charge in [0, 0.05) is 6.61 Å². The lowest BCUT2D eigenvalue weighted by Gasteiger charge is -2.10. The molecule has 0 aromatic carbocycles. The molecule has 0 N–H and O–H groups in total. The highest BCUT2D eigenvalue weighted by molar-refractivity contribution is 5.88. The first-order valence-electron chi connectivity index (χ1n) is 6.71. The van der Waals surface area contributed by atoms with Gasteiger partial charge >= 0.3 is 5.97 Å². The van der Waals surface area contributed by atoms with Gasteiger partial charge in [-0.05, 0) is 12.3 Å². The van der Waals surface area contributed by atoms with Crippen molar-refractivity contribution in [3.8, 4) is 0 Å². The van der Waals surface area contributed by atoms with E-state index in [0.717, 1.165) is 25.1 Å². The monoisotopic (exact) mass is 269 g/mol. The maximum absolute atomic E-state index is 11.6. The van der Waals surface area contributed by atoms with E-state index < -0.39 is 5.97 Å². The van der Waals surface area contributed by atoms with E-state index >= 15 is 0 Å². The van der Waals surface area contributed by atoms with Crippen LogP contribution in [0.2, 0.25) is 0 Å². The van der Waals surface area contributed by atoms with Crippen LogP contribution in [0.1, 0.15) is 55.7 Å². The van der Waals surface area contributed by atoms with E-state index in [-0.39, 0.29) is 5.92 Å². The van der Waals surface area contributed by atoms with Crippen molar-refractivity contribution in [3.63, 3.8) is 0 Å². The van der Waals surface area contributed by atoms with Gasteiger partial charge in [-0.3, -0.25) is 0 Å². The van der Waals surface area contributed by atoms with E-state index in [1.165, 1.54) is 7.11 Å². The first-order chi connectivity index (χ1) is 9.11. The number of nitrogens with zero attached hydrogens (tertiary/aromatic N) is 3. The summed E-state index contributed by atoms with van der Waals surface area (Å²) in [7, 11) is 1.35. The van der Waals surface area contributed by atoms with Gasteiger partial charge in [0.1, 0.15) is 0 Å². The lowest BCUT2D eigenvalue weighted by atomic mass is 10.1. The quantitative estimate of drug-likeness (QED) is 0.533. The minimum atomic E-state index is -0.443. The van der Waals surface area contributed by atoms with Gasteiger partial charge in [-0.15, -0.1) is 5.10 Å². The van der Waals surface area contributed by atoms with Gasteiger partial charge in [0.25, 0.3) is 0 Å². The summed E-state index contributed by atoms with van der Waals surface area (Å²) in [5.74, 6) is -0.290. The van der Waals surface area contributed by atoms with Gasteiger partial charge in [-0.25, -0.2) is 9.48 Å². The Kier molecular flexibility index (Phi) is 6.49. The molecule has 0 radical (unpaired) electrons. The average molecular weight is 269 g/mol. The number of hydrogen-bond donors (Lipinski definition) is 0. The summed E-state index contributed by atoms with van der Waals surface area (Å²) in [6.07, 6.45) is 2.18. The molecule has 1 aromatic heterocycles. The summed E-state index contributed by atoms with van der Waals surface area (Å²) in [4.78, 5) is 11.6. The number of ether oxygens (including phenoxy) is 2. The molecule has 0 saturated heterocycles. The van der Waals surface area contributed by atoms with Crippen molar-refractivity contribution in [2.24, 2.45) is 0 Å². The number of unbranched alkanes of at least 4 members (excludes halogenated alkanes) is 1. The van der Waals surface area contributed by atoms with E-state index in [4.69, 9.17) is 9.47 Å². The molecule has 0 spiro atoms. The molecule has 0 aliphatic carbocycles. The maximum Gasteiger partial charge on any atom is 0.360 e. The predicted octanol–water partition coefficient (Wildman–Crippen LogP) is 2.00. The summed E-state index contributed by atoms with van der Waals surface area (Å²) in [6.45, 7) is 8.05. The normalized spacial score (nSPS) is 11.0. The third-order valence-corrected chi connectivity index (χ3v) is 2.79. The van der Waals surface area contributed by atoms with Crippen LogP contribution in [-0.4, -0.2) is 41.3 Å². The SMILES string of the molecule is CCCCOCCn1nnc(C(=O)OC)c1C(C)C. The molecular formula is C13H23N3O3. The molecule has 1 heterocycles. The third-order valence-electron chi connectivity index (χ3n) is 2.79. The van der Waals surface area contributed by atoms with Gasteiger partial charge in [0.15, 0.2) is 5.69 Å². The summed E-state index contributed by atoms with van der Waals surface area (Å²) in [5, 5.41) is 7.92. The van der Waals surface area contributed by atoms with Gasteiger partial charge in [0.2, 0.25) is 0 Å². The molecule has 0 bridgehead atoms. The molecule has 1 rings (SSSR count). The van der Waals surface area contributed by atoms with Crippen molar-refractivity contribution in [1.82, 2.24) is 15.0 Å². The Morgan fingerprint density at radius 1 is 1.37 bits per heavy atom. The zero-order valence-electron chi connectivity index (χ0n) is 12.2. The number of rotatable bonds is 8. The van der Waals surface area contributed by atoms with Crippen molar-refractivity contribution in [1.29, 1.82) is 0 Å². The third kappa shape index (κ3) is 4.31. The van der Waals surface area contributed by atoms with Crippen LogP contribution in [0.25, 0.3) is 0 Å². The predicted molar refractivity (Wildman–Crippen MR) is 71.2 cm³/mol. The first kappa shape index (κ1) is 15.6. The highest BCUT2D eigenvalue weighted by Crippen LogP contribution is 2.18. The fourth-order valence-electron chi connectivity index (χ4n) is 1.80. The Bertz CT molecular complexity index is 402. The van der Waals surface area contributed by atoms with Crippen LogP contribution >= 0.6 is 0 Å². The van der Waals surface area contributed by atoms with Gasteiger partial charge in [-0.1, -0.05) is 32.4 Å². The summed E-state index contributed by atoms with van der Waals surface area (Å²) < 4.78 is 11.9. The Balaban J connectivity index is 2.67. The Hall–Kier alpha value is -1.43. The number of carbonyl (C=O) groups excluding carboxylic acids is 1. The molecule has 0 atom stereocenters. The summed E-state index contributed by atoms with van der Waals surface area (Å²) in [5.41, 5.74) is 1.09. The second-order valence-corrected chi connectivity index (χ2v) is 4.66. The van der Waals surface area contributed by atoms with E-state index in [1.807, 2.05) is 13.8 Å². The van der Waals surface area contributed by atoms with Crippen LogP contribution in [0.15, 0.2) is 0 Å². The largest absolute Gasteiger partial charge is 0.464 e. The highest BCUT2D eigenvalue weighted by Gasteiger charge is 2.22. The molecular weight excluding hydrogens is 246 g/mol. The molecule has 0 amide bonds.